The SMILES string of the molecule is CCc1ccc(/C=C(\C#N)C(=O)N2CCN(C)CC2)cc1. The summed E-state index contributed by atoms with van der Waals surface area (Å²) in [5.74, 6) is -0.162. The molecule has 1 amide bonds. The highest BCUT2D eigenvalue weighted by molar-refractivity contribution is 6.01. The molecule has 1 aromatic rings. The molecule has 0 radical (unpaired) electrons. The Morgan fingerprint density at radius 2 is 1.86 bits per heavy atom. The number of carbonyl (C=O) groups is 1. The Morgan fingerprint density at radius 3 is 2.38 bits per heavy atom. The number of nitriles is 1. The molecule has 4 nitrogen and oxygen atoms in total. The van der Waals surface area contributed by atoms with Gasteiger partial charge < -0.3 is 9.80 Å². The van der Waals surface area contributed by atoms with Crippen LogP contribution in [0.4, 0.5) is 0 Å². The largest absolute Gasteiger partial charge is 0.335 e. The number of hydrogen-bond donors (Lipinski definition) is 0. The van der Waals surface area contributed by atoms with Crippen LogP contribution in [0, 0.1) is 11.3 Å². The summed E-state index contributed by atoms with van der Waals surface area (Å²) < 4.78 is 0. The van der Waals surface area contributed by atoms with Gasteiger partial charge in [0, 0.05) is 26.2 Å². The second-order valence-electron chi connectivity index (χ2n) is 5.36. The van der Waals surface area contributed by atoms with E-state index in [9.17, 15) is 10.1 Å². The van der Waals surface area contributed by atoms with E-state index in [1.807, 2.05) is 37.4 Å². The Morgan fingerprint density at radius 1 is 1.24 bits per heavy atom. The van der Waals surface area contributed by atoms with Crippen LogP contribution in [0.15, 0.2) is 29.8 Å². The molecule has 1 saturated heterocycles. The molecule has 110 valence electrons. The van der Waals surface area contributed by atoms with Gasteiger partial charge in [-0.1, -0.05) is 31.2 Å². The fraction of sp³-hybridized carbons (Fsp3) is 0.412. The molecule has 0 saturated carbocycles. The van der Waals surface area contributed by atoms with Crippen LogP contribution >= 0.6 is 0 Å². The van der Waals surface area contributed by atoms with Gasteiger partial charge in [-0.25, -0.2) is 0 Å². The van der Waals surface area contributed by atoms with Crippen molar-refractivity contribution < 1.29 is 4.79 Å². The van der Waals surface area contributed by atoms with Crippen LogP contribution in [0.1, 0.15) is 18.1 Å². The zero-order valence-corrected chi connectivity index (χ0v) is 12.7. The lowest BCUT2D eigenvalue weighted by Gasteiger charge is -2.32. The first-order chi connectivity index (χ1) is 10.1. The minimum absolute atomic E-state index is 0.162. The molecule has 21 heavy (non-hydrogen) atoms. The molecule has 0 N–H and O–H groups in total. The minimum atomic E-state index is -0.162. The third kappa shape index (κ3) is 3.93. The summed E-state index contributed by atoms with van der Waals surface area (Å²) in [5.41, 5.74) is 2.35. The maximum atomic E-state index is 12.4. The molecule has 2 rings (SSSR count). The highest BCUT2D eigenvalue weighted by Crippen LogP contribution is 2.12. The number of benzene rings is 1. The van der Waals surface area contributed by atoms with Crippen LogP contribution < -0.4 is 0 Å². The molecule has 0 bridgehead atoms. The van der Waals surface area contributed by atoms with Gasteiger partial charge in [0.15, 0.2) is 0 Å². The summed E-state index contributed by atoms with van der Waals surface area (Å²) in [6, 6.07) is 10.0. The summed E-state index contributed by atoms with van der Waals surface area (Å²) in [4.78, 5) is 16.3. The third-order valence-corrected chi connectivity index (χ3v) is 3.84. The van der Waals surface area contributed by atoms with E-state index < -0.39 is 0 Å². The highest BCUT2D eigenvalue weighted by atomic mass is 16.2. The van der Waals surface area contributed by atoms with Gasteiger partial charge in [0.1, 0.15) is 11.6 Å². The lowest BCUT2D eigenvalue weighted by atomic mass is 10.1. The monoisotopic (exact) mass is 283 g/mol. The predicted octanol–water partition coefficient (Wildman–Crippen LogP) is 1.93. The summed E-state index contributed by atoms with van der Waals surface area (Å²) >= 11 is 0. The first-order valence-electron chi connectivity index (χ1n) is 7.32. The van der Waals surface area contributed by atoms with E-state index in [2.05, 4.69) is 11.8 Å². The fourth-order valence-corrected chi connectivity index (χ4v) is 2.34. The van der Waals surface area contributed by atoms with E-state index in [1.54, 1.807) is 11.0 Å². The van der Waals surface area contributed by atoms with Gasteiger partial charge >= 0.3 is 0 Å². The minimum Gasteiger partial charge on any atom is -0.335 e. The lowest BCUT2D eigenvalue weighted by Crippen LogP contribution is -2.47. The molecular formula is C17H21N3O. The second-order valence-corrected chi connectivity index (χ2v) is 5.36. The van der Waals surface area contributed by atoms with Crippen LogP contribution in [0.5, 0.6) is 0 Å². The zero-order chi connectivity index (χ0) is 15.2. The average Bonchev–Trinajstić information content (AvgIpc) is 2.53. The smallest absolute Gasteiger partial charge is 0.264 e. The molecule has 4 heteroatoms. The molecule has 1 aliphatic heterocycles. The molecule has 0 aliphatic carbocycles. The average molecular weight is 283 g/mol. The maximum Gasteiger partial charge on any atom is 0.264 e. The Kier molecular flexibility index (Phi) is 5.13. The van der Waals surface area contributed by atoms with E-state index in [0.29, 0.717) is 13.1 Å². The van der Waals surface area contributed by atoms with Crippen molar-refractivity contribution in [3.8, 4) is 6.07 Å². The van der Waals surface area contributed by atoms with Gasteiger partial charge in [0.2, 0.25) is 0 Å². The third-order valence-electron chi connectivity index (χ3n) is 3.84. The maximum absolute atomic E-state index is 12.4. The summed E-state index contributed by atoms with van der Waals surface area (Å²) in [5, 5.41) is 9.26. The first kappa shape index (κ1) is 15.3. The number of likely N-dealkylation sites (N-methyl/N-ethyl adjacent to an activating group) is 1. The summed E-state index contributed by atoms with van der Waals surface area (Å²) in [7, 11) is 2.04. The molecule has 1 fully saturated rings. The van der Waals surface area contributed by atoms with Gasteiger partial charge in [0.25, 0.3) is 5.91 Å². The number of amides is 1. The number of nitrogens with zero attached hydrogens (tertiary/aromatic N) is 3. The van der Waals surface area contributed by atoms with Gasteiger partial charge in [-0.05, 0) is 30.7 Å². The molecule has 0 atom stereocenters. The molecule has 0 unspecified atom stereocenters. The highest BCUT2D eigenvalue weighted by Gasteiger charge is 2.21. The standard InChI is InChI=1S/C17H21N3O/c1-3-14-4-6-15(7-5-14)12-16(13-18)17(21)20-10-8-19(2)9-11-20/h4-7,12H,3,8-11H2,1-2H3/b16-12+. The van der Waals surface area contributed by atoms with Crippen molar-refractivity contribution in [1.29, 1.82) is 5.26 Å². The quantitative estimate of drug-likeness (QED) is 0.629. The van der Waals surface area contributed by atoms with Crippen molar-refractivity contribution in [2.24, 2.45) is 0 Å². The Bertz CT molecular complexity index is 561. The van der Waals surface area contributed by atoms with Gasteiger partial charge in [-0.2, -0.15) is 5.26 Å². The Labute approximate surface area is 126 Å². The molecule has 1 aliphatic rings. The topological polar surface area (TPSA) is 47.3 Å². The predicted molar refractivity (Wildman–Crippen MR) is 83.5 cm³/mol. The van der Waals surface area contributed by atoms with E-state index in [-0.39, 0.29) is 11.5 Å². The van der Waals surface area contributed by atoms with Gasteiger partial charge in [-0.15, -0.1) is 0 Å². The van der Waals surface area contributed by atoms with Crippen molar-refractivity contribution in [2.45, 2.75) is 13.3 Å². The second kappa shape index (κ2) is 7.05. The van der Waals surface area contributed by atoms with Crippen LogP contribution in [0.2, 0.25) is 0 Å². The van der Waals surface area contributed by atoms with Crippen LogP contribution in [-0.4, -0.2) is 48.9 Å². The number of rotatable bonds is 3. The molecular weight excluding hydrogens is 262 g/mol. The number of piperazine rings is 1. The fourth-order valence-electron chi connectivity index (χ4n) is 2.34. The van der Waals surface area contributed by atoms with Crippen LogP contribution in [0.3, 0.4) is 0 Å². The van der Waals surface area contributed by atoms with E-state index in [0.717, 1.165) is 25.1 Å². The Hall–Kier alpha value is -2.12. The van der Waals surface area contributed by atoms with Crippen LogP contribution in [-0.2, 0) is 11.2 Å². The molecule has 0 spiro atoms. The van der Waals surface area contributed by atoms with E-state index in [1.165, 1.54) is 5.56 Å². The summed E-state index contributed by atoms with van der Waals surface area (Å²) in [6.45, 7) is 5.18. The van der Waals surface area contributed by atoms with Gasteiger partial charge in [-0.3, -0.25) is 4.79 Å². The van der Waals surface area contributed by atoms with Gasteiger partial charge in [0.05, 0.1) is 0 Å². The number of carbonyl (C=O) groups excluding carboxylic acids is 1. The van der Waals surface area contributed by atoms with Crippen molar-refractivity contribution in [2.75, 3.05) is 33.2 Å². The molecule has 1 heterocycles. The van der Waals surface area contributed by atoms with Crippen LogP contribution in [0.25, 0.3) is 6.08 Å². The lowest BCUT2D eigenvalue weighted by molar-refractivity contribution is -0.128. The normalized spacial score (nSPS) is 16.6. The van der Waals surface area contributed by atoms with Crippen molar-refractivity contribution in [1.82, 2.24) is 9.80 Å². The number of aryl methyl sites for hydroxylation is 1. The zero-order valence-electron chi connectivity index (χ0n) is 12.7. The molecule has 0 aromatic heterocycles. The van der Waals surface area contributed by atoms with Crippen molar-refractivity contribution in [3.05, 3.63) is 41.0 Å². The summed E-state index contributed by atoms with van der Waals surface area (Å²) in [6.07, 6.45) is 2.66. The van der Waals surface area contributed by atoms with E-state index in [4.69, 9.17) is 0 Å². The van der Waals surface area contributed by atoms with E-state index >= 15 is 0 Å². The Balaban J connectivity index is 2.12. The van der Waals surface area contributed by atoms with Crippen molar-refractivity contribution in [3.63, 3.8) is 0 Å². The number of hydrogen-bond acceptors (Lipinski definition) is 3. The first-order valence-corrected chi connectivity index (χ1v) is 7.32. The molecule has 1 aromatic carbocycles. The van der Waals surface area contributed by atoms with Crippen molar-refractivity contribution >= 4 is 12.0 Å².